The topological polar surface area (TPSA) is 51.2 Å². The molecule has 0 bridgehead atoms. The molecule has 0 saturated carbocycles. The van der Waals surface area contributed by atoms with Crippen LogP contribution < -0.4 is 10.1 Å². The Bertz CT molecular complexity index is 727. The van der Waals surface area contributed by atoms with Crippen LogP contribution in [0, 0.1) is 12.7 Å². The zero-order chi connectivity index (χ0) is 14.8. The van der Waals surface area contributed by atoms with Gasteiger partial charge >= 0.3 is 0 Å². The van der Waals surface area contributed by atoms with Gasteiger partial charge in [0.15, 0.2) is 24.0 Å². The average Bonchev–Trinajstić information content (AvgIpc) is 2.50. The maximum atomic E-state index is 14.3. The minimum absolute atomic E-state index is 0.117. The molecule has 21 heavy (non-hydrogen) atoms. The lowest BCUT2D eigenvalue weighted by Crippen LogP contribution is -2.27. The smallest absolute Gasteiger partial charge is 0.263 e. The number of halogens is 1. The Labute approximate surface area is 121 Å². The number of nitrogens with one attached hydrogen (secondary N) is 1. The Hall–Kier alpha value is -2.69. The van der Waals surface area contributed by atoms with Crippen molar-refractivity contribution in [2.75, 3.05) is 11.9 Å². The van der Waals surface area contributed by atoms with E-state index in [2.05, 4.69) is 10.3 Å². The van der Waals surface area contributed by atoms with E-state index in [1.807, 2.05) is 30.3 Å². The van der Waals surface area contributed by atoms with Crippen molar-refractivity contribution in [2.45, 2.75) is 6.92 Å². The molecule has 5 heteroatoms. The summed E-state index contributed by atoms with van der Waals surface area (Å²) in [4.78, 5) is 15.4. The zero-order valence-corrected chi connectivity index (χ0v) is 11.4. The number of nitrogens with zero attached hydrogens (tertiary/aromatic N) is 1. The largest absolute Gasteiger partial charge is 0.479 e. The van der Waals surface area contributed by atoms with Crippen molar-refractivity contribution in [3.8, 4) is 5.75 Å². The minimum Gasteiger partial charge on any atom is -0.479 e. The van der Waals surface area contributed by atoms with Crippen LogP contribution in [0.2, 0.25) is 0 Å². The summed E-state index contributed by atoms with van der Waals surface area (Å²) in [6, 6.07) is 9.52. The molecule has 0 aliphatic carbocycles. The lowest BCUT2D eigenvalue weighted by Gasteiger charge is -2.19. The molecule has 1 aliphatic rings. The van der Waals surface area contributed by atoms with Crippen molar-refractivity contribution in [2.24, 2.45) is 0 Å². The van der Waals surface area contributed by atoms with Crippen molar-refractivity contribution >= 4 is 23.9 Å². The quantitative estimate of drug-likeness (QED) is 0.922. The highest BCUT2D eigenvalue weighted by molar-refractivity contribution is 5.94. The first kappa shape index (κ1) is 13.3. The van der Waals surface area contributed by atoms with Crippen LogP contribution >= 0.6 is 0 Å². The Morgan fingerprint density at radius 3 is 2.81 bits per heavy atom. The average molecular weight is 284 g/mol. The molecule has 0 atom stereocenters. The van der Waals surface area contributed by atoms with E-state index in [9.17, 15) is 9.18 Å². The third kappa shape index (κ3) is 2.63. The third-order valence-corrected chi connectivity index (χ3v) is 3.18. The summed E-state index contributed by atoms with van der Waals surface area (Å²) in [6.45, 7) is 1.49. The first-order valence-corrected chi connectivity index (χ1v) is 6.51. The molecular formula is C16H13FN2O2. The summed E-state index contributed by atoms with van der Waals surface area (Å²) < 4.78 is 19.5. The van der Waals surface area contributed by atoms with Crippen LogP contribution in [-0.2, 0) is 4.79 Å². The standard InChI is InChI=1S/C16H13FN2O2/c1-10-14(17)12(8-7-11-5-3-2-4-6-11)18-16-15(10)21-9-13(20)19-16/h2-8H,9H2,1H3,(H,18,19,20)/b8-7+. The van der Waals surface area contributed by atoms with Crippen molar-refractivity contribution in [1.82, 2.24) is 4.98 Å². The highest BCUT2D eigenvalue weighted by Gasteiger charge is 2.23. The van der Waals surface area contributed by atoms with Gasteiger partial charge in [0.25, 0.3) is 5.91 Å². The molecule has 0 spiro atoms. The van der Waals surface area contributed by atoms with Crippen molar-refractivity contribution in [3.05, 3.63) is 53.0 Å². The molecule has 1 aliphatic heterocycles. The van der Waals surface area contributed by atoms with Gasteiger partial charge in [-0.25, -0.2) is 9.37 Å². The lowest BCUT2D eigenvalue weighted by atomic mass is 10.1. The summed E-state index contributed by atoms with van der Waals surface area (Å²) in [5, 5.41) is 2.59. The maximum absolute atomic E-state index is 14.3. The van der Waals surface area contributed by atoms with Crippen molar-refractivity contribution in [1.29, 1.82) is 0 Å². The highest BCUT2D eigenvalue weighted by Crippen LogP contribution is 2.32. The molecule has 1 amide bonds. The van der Waals surface area contributed by atoms with Gasteiger partial charge in [0, 0.05) is 5.56 Å². The summed E-state index contributed by atoms with van der Waals surface area (Å²) in [7, 11) is 0. The molecule has 0 radical (unpaired) electrons. The SMILES string of the molecule is Cc1c(F)c(/C=C/c2ccccc2)nc2c1OCC(=O)N2. The lowest BCUT2D eigenvalue weighted by molar-refractivity contribution is -0.118. The monoisotopic (exact) mass is 284 g/mol. The van der Waals surface area contributed by atoms with Crippen LogP contribution in [-0.4, -0.2) is 17.5 Å². The Balaban J connectivity index is 2.00. The van der Waals surface area contributed by atoms with Gasteiger partial charge in [-0.15, -0.1) is 0 Å². The molecule has 0 unspecified atom stereocenters. The summed E-state index contributed by atoms with van der Waals surface area (Å²) >= 11 is 0. The maximum Gasteiger partial charge on any atom is 0.263 e. The van der Waals surface area contributed by atoms with E-state index in [1.165, 1.54) is 0 Å². The number of carbonyl (C=O) groups excluding carboxylic acids is 1. The molecule has 0 fully saturated rings. The fraction of sp³-hybridized carbons (Fsp3) is 0.125. The van der Waals surface area contributed by atoms with Gasteiger partial charge in [-0.3, -0.25) is 4.79 Å². The molecule has 1 N–H and O–H groups in total. The first-order valence-electron chi connectivity index (χ1n) is 6.51. The number of anilines is 1. The van der Waals surface area contributed by atoms with E-state index in [0.29, 0.717) is 11.3 Å². The predicted octanol–water partition coefficient (Wildman–Crippen LogP) is 3.03. The van der Waals surface area contributed by atoms with Crippen LogP contribution in [0.1, 0.15) is 16.8 Å². The Kier molecular flexibility index (Phi) is 3.39. The number of amides is 1. The number of ether oxygens (including phenoxy) is 1. The third-order valence-electron chi connectivity index (χ3n) is 3.18. The normalized spacial score (nSPS) is 13.7. The highest BCUT2D eigenvalue weighted by atomic mass is 19.1. The fourth-order valence-corrected chi connectivity index (χ4v) is 2.11. The number of hydrogen-bond donors (Lipinski definition) is 1. The Morgan fingerprint density at radius 2 is 2.05 bits per heavy atom. The number of hydrogen-bond acceptors (Lipinski definition) is 3. The molecule has 4 nitrogen and oxygen atoms in total. The molecule has 0 saturated heterocycles. The summed E-state index contributed by atoms with van der Waals surface area (Å²) in [5.74, 6) is -0.182. The second kappa shape index (κ2) is 5.36. The minimum atomic E-state index is -0.447. The van der Waals surface area contributed by atoms with Gasteiger partial charge in [0.1, 0.15) is 5.69 Å². The molecule has 106 valence electrons. The van der Waals surface area contributed by atoms with Gasteiger partial charge in [-0.2, -0.15) is 0 Å². The van der Waals surface area contributed by atoms with E-state index in [0.717, 1.165) is 5.56 Å². The van der Waals surface area contributed by atoms with Gasteiger partial charge in [0.05, 0.1) is 0 Å². The number of aromatic nitrogens is 1. The molecule has 2 heterocycles. The second-order valence-electron chi connectivity index (χ2n) is 4.69. The summed E-state index contributed by atoms with van der Waals surface area (Å²) in [6.07, 6.45) is 3.35. The van der Waals surface area contributed by atoms with Crippen LogP contribution in [0.15, 0.2) is 30.3 Å². The zero-order valence-electron chi connectivity index (χ0n) is 11.4. The fourth-order valence-electron chi connectivity index (χ4n) is 2.11. The number of carbonyl (C=O) groups is 1. The van der Waals surface area contributed by atoms with Gasteiger partial charge in [-0.1, -0.05) is 36.4 Å². The van der Waals surface area contributed by atoms with E-state index >= 15 is 0 Å². The van der Waals surface area contributed by atoms with Crippen LogP contribution in [0.3, 0.4) is 0 Å². The van der Waals surface area contributed by atoms with E-state index in [4.69, 9.17) is 4.74 Å². The number of rotatable bonds is 2. The molecule has 1 aromatic carbocycles. The van der Waals surface area contributed by atoms with E-state index in [1.54, 1.807) is 19.1 Å². The predicted molar refractivity (Wildman–Crippen MR) is 78.4 cm³/mol. The van der Waals surface area contributed by atoms with Crippen molar-refractivity contribution < 1.29 is 13.9 Å². The van der Waals surface area contributed by atoms with Gasteiger partial charge in [-0.05, 0) is 18.6 Å². The molecule has 1 aromatic heterocycles. The van der Waals surface area contributed by atoms with E-state index < -0.39 is 5.82 Å². The van der Waals surface area contributed by atoms with E-state index in [-0.39, 0.29) is 24.0 Å². The second-order valence-corrected chi connectivity index (χ2v) is 4.69. The summed E-state index contributed by atoms with van der Waals surface area (Å²) in [5.41, 5.74) is 1.45. The number of benzene rings is 1. The van der Waals surface area contributed by atoms with Crippen LogP contribution in [0.4, 0.5) is 10.2 Å². The van der Waals surface area contributed by atoms with Crippen molar-refractivity contribution in [3.63, 3.8) is 0 Å². The molecule has 2 aromatic rings. The van der Waals surface area contributed by atoms with Gasteiger partial charge < -0.3 is 10.1 Å². The molecule has 3 rings (SSSR count). The molecular weight excluding hydrogens is 271 g/mol. The first-order chi connectivity index (χ1) is 10.1. The number of pyridine rings is 1. The number of fused-ring (bicyclic) bond motifs is 1. The van der Waals surface area contributed by atoms with Crippen LogP contribution in [0.5, 0.6) is 5.75 Å². The van der Waals surface area contributed by atoms with Crippen LogP contribution in [0.25, 0.3) is 12.2 Å². The van der Waals surface area contributed by atoms with Gasteiger partial charge in [0.2, 0.25) is 0 Å². The Morgan fingerprint density at radius 1 is 1.29 bits per heavy atom.